The van der Waals surface area contributed by atoms with Crippen molar-refractivity contribution in [2.75, 3.05) is 11.9 Å². The van der Waals surface area contributed by atoms with Gasteiger partial charge in [0.05, 0.1) is 23.8 Å². The predicted molar refractivity (Wildman–Crippen MR) is 90.3 cm³/mol. The average molecular weight is 293 g/mol. The predicted octanol–water partition coefficient (Wildman–Crippen LogP) is 3.27. The Hall–Kier alpha value is -2.62. The minimum atomic E-state index is -0.00555. The first-order chi connectivity index (χ1) is 10.8. The molecule has 0 atom stereocenters. The van der Waals surface area contributed by atoms with Crippen LogP contribution in [0.5, 0.6) is 0 Å². The summed E-state index contributed by atoms with van der Waals surface area (Å²) in [6, 6.07) is 15.7. The molecule has 0 unspecified atom stereocenters. The van der Waals surface area contributed by atoms with Crippen molar-refractivity contribution in [3.05, 3.63) is 70.8 Å². The summed E-state index contributed by atoms with van der Waals surface area (Å²) < 4.78 is 1.65. The van der Waals surface area contributed by atoms with Crippen LogP contribution in [0.15, 0.2) is 59.7 Å². The van der Waals surface area contributed by atoms with Crippen molar-refractivity contribution in [3.8, 4) is 0 Å². The highest BCUT2D eigenvalue weighted by Crippen LogP contribution is 2.14. The maximum Gasteiger partial charge on any atom is 0.261 e. The third-order valence-electron chi connectivity index (χ3n) is 3.60. The van der Waals surface area contributed by atoms with Gasteiger partial charge in [-0.2, -0.15) is 0 Å². The molecule has 0 amide bonds. The molecule has 1 heterocycles. The van der Waals surface area contributed by atoms with E-state index in [-0.39, 0.29) is 5.56 Å². The number of anilines is 1. The molecule has 3 aromatic rings. The Balaban J connectivity index is 1.98. The van der Waals surface area contributed by atoms with Crippen LogP contribution >= 0.6 is 0 Å². The van der Waals surface area contributed by atoms with Crippen molar-refractivity contribution in [2.24, 2.45) is 0 Å². The molecule has 1 aromatic heterocycles. The smallest absolute Gasteiger partial charge is 0.261 e. The van der Waals surface area contributed by atoms with E-state index >= 15 is 0 Å². The number of hydrogen-bond acceptors (Lipinski definition) is 3. The summed E-state index contributed by atoms with van der Waals surface area (Å²) in [5, 5.41) is 3.96. The Morgan fingerprint density at radius 1 is 1.14 bits per heavy atom. The van der Waals surface area contributed by atoms with Crippen molar-refractivity contribution in [1.29, 1.82) is 0 Å². The van der Waals surface area contributed by atoms with Gasteiger partial charge >= 0.3 is 0 Å². The zero-order valence-corrected chi connectivity index (χ0v) is 12.6. The third kappa shape index (κ3) is 3.01. The van der Waals surface area contributed by atoms with Gasteiger partial charge in [0.25, 0.3) is 5.56 Å². The number of benzene rings is 2. The number of hydrogen-bond donors (Lipinski definition) is 1. The number of fused-ring (bicyclic) bond motifs is 1. The Kier molecular flexibility index (Phi) is 4.19. The molecule has 0 bridgehead atoms. The van der Waals surface area contributed by atoms with Gasteiger partial charge in [0, 0.05) is 12.2 Å². The summed E-state index contributed by atoms with van der Waals surface area (Å²) in [6.07, 6.45) is 2.67. The second-order valence-corrected chi connectivity index (χ2v) is 5.32. The van der Waals surface area contributed by atoms with E-state index < -0.39 is 0 Å². The van der Waals surface area contributed by atoms with Crippen LogP contribution in [0.25, 0.3) is 10.9 Å². The topological polar surface area (TPSA) is 46.9 Å². The Bertz CT molecular complexity index is 825. The molecule has 0 saturated heterocycles. The molecule has 0 fully saturated rings. The molecule has 112 valence electrons. The van der Waals surface area contributed by atoms with E-state index in [0.717, 1.165) is 29.7 Å². The van der Waals surface area contributed by atoms with Crippen LogP contribution in [0.3, 0.4) is 0 Å². The molecule has 0 radical (unpaired) electrons. The van der Waals surface area contributed by atoms with Crippen LogP contribution in [-0.4, -0.2) is 16.1 Å². The summed E-state index contributed by atoms with van der Waals surface area (Å²) in [5.74, 6) is 0. The summed E-state index contributed by atoms with van der Waals surface area (Å²) >= 11 is 0. The molecular formula is C18H19N3O. The Morgan fingerprint density at radius 2 is 1.95 bits per heavy atom. The van der Waals surface area contributed by atoms with Gasteiger partial charge < -0.3 is 5.32 Å². The van der Waals surface area contributed by atoms with Crippen molar-refractivity contribution in [3.63, 3.8) is 0 Å². The minimum Gasteiger partial charge on any atom is -0.385 e. The van der Waals surface area contributed by atoms with Crippen LogP contribution < -0.4 is 10.9 Å². The first-order valence-corrected chi connectivity index (χ1v) is 7.55. The highest BCUT2D eigenvalue weighted by atomic mass is 16.1. The molecule has 3 rings (SSSR count). The molecule has 22 heavy (non-hydrogen) atoms. The lowest BCUT2D eigenvalue weighted by atomic mass is 10.2. The number of aromatic nitrogens is 2. The van der Waals surface area contributed by atoms with E-state index in [1.54, 1.807) is 10.9 Å². The zero-order valence-electron chi connectivity index (χ0n) is 12.6. The first kappa shape index (κ1) is 14.3. The van der Waals surface area contributed by atoms with Crippen LogP contribution in [0.2, 0.25) is 0 Å². The van der Waals surface area contributed by atoms with E-state index in [2.05, 4.69) is 17.2 Å². The van der Waals surface area contributed by atoms with Crippen LogP contribution in [0, 0.1) is 0 Å². The van der Waals surface area contributed by atoms with Gasteiger partial charge in [0.1, 0.15) is 0 Å². The molecular weight excluding hydrogens is 274 g/mol. The van der Waals surface area contributed by atoms with Crippen LogP contribution in [-0.2, 0) is 6.54 Å². The van der Waals surface area contributed by atoms with E-state index in [1.807, 2.05) is 48.5 Å². The normalized spacial score (nSPS) is 10.8. The van der Waals surface area contributed by atoms with Crippen molar-refractivity contribution in [2.45, 2.75) is 19.9 Å². The molecule has 2 aromatic carbocycles. The summed E-state index contributed by atoms with van der Waals surface area (Å²) in [4.78, 5) is 17.0. The lowest BCUT2D eigenvalue weighted by Crippen LogP contribution is -2.21. The third-order valence-corrected chi connectivity index (χ3v) is 3.60. The van der Waals surface area contributed by atoms with E-state index in [4.69, 9.17) is 0 Å². The van der Waals surface area contributed by atoms with Gasteiger partial charge in [-0.25, -0.2) is 4.98 Å². The molecule has 1 N–H and O–H groups in total. The zero-order chi connectivity index (χ0) is 15.4. The minimum absolute atomic E-state index is 0.00555. The maximum atomic E-state index is 12.7. The SMILES string of the molecule is CCCNc1ccc2ncn(Cc3ccccc3)c(=O)c2c1. The van der Waals surface area contributed by atoms with Crippen LogP contribution in [0.1, 0.15) is 18.9 Å². The fraction of sp³-hybridized carbons (Fsp3) is 0.222. The summed E-state index contributed by atoms with van der Waals surface area (Å²) in [5.41, 5.74) is 2.78. The van der Waals surface area contributed by atoms with Gasteiger partial charge in [-0.05, 0) is 30.2 Å². The van der Waals surface area contributed by atoms with Gasteiger partial charge in [-0.3, -0.25) is 9.36 Å². The van der Waals surface area contributed by atoms with Crippen molar-refractivity contribution >= 4 is 16.6 Å². The number of rotatable bonds is 5. The van der Waals surface area contributed by atoms with E-state index in [0.29, 0.717) is 11.9 Å². The summed E-state index contributed by atoms with van der Waals surface area (Å²) in [6.45, 7) is 3.54. The van der Waals surface area contributed by atoms with Gasteiger partial charge in [0.15, 0.2) is 0 Å². The van der Waals surface area contributed by atoms with Crippen molar-refractivity contribution in [1.82, 2.24) is 9.55 Å². The maximum absolute atomic E-state index is 12.7. The number of nitrogens with zero attached hydrogens (tertiary/aromatic N) is 2. The first-order valence-electron chi connectivity index (χ1n) is 7.55. The lowest BCUT2D eigenvalue weighted by Gasteiger charge is -2.09. The molecule has 4 nitrogen and oxygen atoms in total. The lowest BCUT2D eigenvalue weighted by molar-refractivity contribution is 0.748. The van der Waals surface area contributed by atoms with Crippen LogP contribution in [0.4, 0.5) is 5.69 Å². The fourth-order valence-electron chi connectivity index (χ4n) is 2.43. The Morgan fingerprint density at radius 3 is 2.73 bits per heavy atom. The molecule has 0 aliphatic carbocycles. The second kappa shape index (κ2) is 6.43. The molecule has 0 saturated carbocycles. The highest BCUT2D eigenvalue weighted by molar-refractivity contribution is 5.81. The monoisotopic (exact) mass is 293 g/mol. The van der Waals surface area contributed by atoms with E-state index in [9.17, 15) is 4.79 Å². The average Bonchev–Trinajstić information content (AvgIpc) is 2.57. The molecule has 0 spiro atoms. The Labute approximate surface area is 129 Å². The molecule has 0 aliphatic rings. The quantitative estimate of drug-likeness (QED) is 0.785. The standard InChI is InChI=1S/C18H19N3O/c1-2-10-19-15-8-9-17-16(11-15)18(22)21(13-20-17)12-14-6-4-3-5-7-14/h3-9,11,13,19H,2,10,12H2,1H3. The van der Waals surface area contributed by atoms with Gasteiger partial charge in [0.2, 0.25) is 0 Å². The molecule has 0 aliphatic heterocycles. The largest absolute Gasteiger partial charge is 0.385 e. The van der Waals surface area contributed by atoms with Gasteiger partial charge in [-0.1, -0.05) is 37.3 Å². The fourth-order valence-corrected chi connectivity index (χ4v) is 2.43. The van der Waals surface area contributed by atoms with Crippen molar-refractivity contribution < 1.29 is 0 Å². The molecule has 4 heteroatoms. The highest BCUT2D eigenvalue weighted by Gasteiger charge is 2.05. The van der Waals surface area contributed by atoms with Gasteiger partial charge in [-0.15, -0.1) is 0 Å². The second-order valence-electron chi connectivity index (χ2n) is 5.32. The summed E-state index contributed by atoms with van der Waals surface area (Å²) in [7, 11) is 0. The van der Waals surface area contributed by atoms with E-state index in [1.165, 1.54) is 0 Å². The number of nitrogens with one attached hydrogen (secondary N) is 1.